The van der Waals surface area contributed by atoms with E-state index in [9.17, 15) is 12.8 Å². The average Bonchev–Trinajstić information content (AvgIpc) is 2.41. The van der Waals surface area contributed by atoms with Gasteiger partial charge in [0.25, 0.3) is 10.0 Å². The molecular formula is C14H15FN2O2S. The Morgan fingerprint density at radius 2 is 1.85 bits per heavy atom. The Balaban J connectivity index is 2.44. The fraction of sp³-hybridized carbons (Fsp3) is 0.143. The van der Waals surface area contributed by atoms with Gasteiger partial charge < -0.3 is 5.73 Å². The maximum atomic E-state index is 13.5. The minimum Gasteiger partial charge on any atom is -0.326 e. The Hall–Kier alpha value is -1.92. The van der Waals surface area contributed by atoms with E-state index in [1.54, 1.807) is 25.1 Å². The van der Waals surface area contributed by atoms with Crippen LogP contribution < -0.4 is 10.5 Å². The lowest BCUT2D eigenvalue weighted by molar-refractivity contribution is 0.598. The van der Waals surface area contributed by atoms with Crippen LogP contribution in [0.5, 0.6) is 0 Å². The predicted molar refractivity (Wildman–Crippen MR) is 76.3 cm³/mol. The average molecular weight is 294 g/mol. The van der Waals surface area contributed by atoms with Crippen LogP contribution in [-0.2, 0) is 16.6 Å². The molecular weight excluding hydrogens is 279 g/mol. The zero-order chi connectivity index (χ0) is 14.8. The van der Waals surface area contributed by atoms with E-state index in [-0.39, 0.29) is 17.1 Å². The molecule has 0 bridgehead atoms. The topological polar surface area (TPSA) is 72.2 Å². The Morgan fingerprint density at radius 3 is 2.50 bits per heavy atom. The normalized spacial score (nSPS) is 11.3. The largest absolute Gasteiger partial charge is 0.326 e. The lowest BCUT2D eigenvalue weighted by Crippen LogP contribution is -2.16. The fourth-order valence-electron chi connectivity index (χ4n) is 1.92. The van der Waals surface area contributed by atoms with Crippen molar-refractivity contribution in [1.82, 2.24) is 0 Å². The highest BCUT2D eigenvalue weighted by Crippen LogP contribution is 2.23. The number of benzene rings is 2. The molecule has 0 saturated carbocycles. The maximum Gasteiger partial charge on any atom is 0.262 e. The first-order valence-electron chi connectivity index (χ1n) is 6.01. The van der Waals surface area contributed by atoms with Crippen LogP contribution in [0.2, 0.25) is 0 Å². The summed E-state index contributed by atoms with van der Waals surface area (Å²) in [5, 5.41) is 0. The fourth-order valence-corrected chi connectivity index (χ4v) is 3.27. The van der Waals surface area contributed by atoms with Crippen molar-refractivity contribution in [3.63, 3.8) is 0 Å². The van der Waals surface area contributed by atoms with Crippen LogP contribution in [0.1, 0.15) is 11.1 Å². The third-order valence-corrected chi connectivity index (χ3v) is 4.53. The second kappa shape index (κ2) is 5.60. The quantitative estimate of drug-likeness (QED) is 0.909. The molecule has 0 aromatic heterocycles. The minimum atomic E-state index is -3.84. The summed E-state index contributed by atoms with van der Waals surface area (Å²) in [5.41, 5.74) is 6.79. The number of halogens is 1. The highest BCUT2D eigenvalue weighted by molar-refractivity contribution is 7.92. The molecule has 0 saturated heterocycles. The number of sulfonamides is 1. The summed E-state index contributed by atoms with van der Waals surface area (Å²) in [6, 6.07) is 10.5. The van der Waals surface area contributed by atoms with Gasteiger partial charge in [0.1, 0.15) is 5.82 Å². The van der Waals surface area contributed by atoms with E-state index in [1.807, 2.05) is 0 Å². The summed E-state index contributed by atoms with van der Waals surface area (Å²) >= 11 is 0. The van der Waals surface area contributed by atoms with Crippen LogP contribution in [0, 0.1) is 12.7 Å². The highest BCUT2D eigenvalue weighted by atomic mass is 32.2. The number of hydrogen-bond acceptors (Lipinski definition) is 3. The van der Waals surface area contributed by atoms with Gasteiger partial charge in [-0.25, -0.2) is 12.8 Å². The number of nitrogens with one attached hydrogen (secondary N) is 1. The molecule has 0 unspecified atom stereocenters. The summed E-state index contributed by atoms with van der Waals surface area (Å²) in [5.74, 6) is -0.622. The molecule has 0 atom stereocenters. The Labute approximate surface area is 117 Å². The van der Waals surface area contributed by atoms with Crippen molar-refractivity contribution >= 4 is 15.7 Å². The SMILES string of the molecule is Cc1c(CN)cccc1S(=O)(=O)Nc1ccccc1F. The second-order valence-electron chi connectivity index (χ2n) is 4.33. The van der Waals surface area contributed by atoms with Gasteiger partial charge >= 0.3 is 0 Å². The third-order valence-electron chi connectivity index (χ3n) is 3.02. The van der Waals surface area contributed by atoms with Crippen molar-refractivity contribution in [3.05, 3.63) is 59.4 Å². The van der Waals surface area contributed by atoms with E-state index < -0.39 is 15.8 Å². The molecule has 0 spiro atoms. The van der Waals surface area contributed by atoms with Gasteiger partial charge in [0.15, 0.2) is 0 Å². The lowest BCUT2D eigenvalue weighted by atomic mass is 10.1. The van der Waals surface area contributed by atoms with E-state index in [0.29, 0.717) is 5.56 Å². The lowest BCUT2D eigenvalue weighted by Gasteiger charge is -2.13. The van der Waals surface area contributed by atoms with Crippen molar-refractivity contribution in [3.8, 4) is 0 Å². The van der Waals surface area contributed by atoms with Gasteiger partial charge in [0, 0.05) is 6.54 Å². The summed E-state index contributed by atoms with van der Waals surface area (Å²) in [4.78, 5) is 0.101. The molecule has 0 heterocycles. The molecule has 0 aliphatic carbocycles. The van der Waals surface area contributed by atoms with Crippen LogP contribution in [-0.4, -0.2) is 8.42 Å². The maximum absolute atomic E-state index is 13.5. The van der Waals surface area contributed by atoms with Crippen molar-refractivity contribution in [2.75, 3.05) is 4.72 Å². The molecule has 3 N–H and O–H groups in total. The summed E-state index contributed by atoms with van der Waals surface area (Å²) in [7, 11) is -3.84. The number of para-hydroxylation sites is 1. The highest BCUT2D eigenvalue weighted by Gasteiger charge is 2.19. The van der Waals surface area contributed by atoms with Crippen molar-refractivity contribution in [1.29, 1.82) is 0 Å². The van der Waals surface area contributed by atoms with Crippen LogP contribution in [0.4, 0.5) is 10.1 Å². The Morgan fingerprint density at radius 1 is 1.15 bits per heavy atom. The molecule has 2 aromatic carbocycles. The van der Waals surface area contributed by atoms with Gasteiger partial charge in [-0.1, -0.05) is 24.3 Å². The number of nitrogens with two attached hydrogens (primary N) is 1. The number of anilines is 1. The van der Waals surface area contributed by atoms with Crippen LogP contribution in [0.3, 0.4) is 0 Å². The first kappa shape index (κ1) is 14.5. The van der Waals surface area contributed by atoms with E-state index in [2.05, 4.69) is 4.72 Å². The van der Waals surface area contributed by atoms with Gasteiger partial charge in [0.2, 0.25) is 0 Å². The van der Waals surface area contributed by atoms with Crippen molar-refractivity contribution < 1.29 is 12.8 Å². The molecule has 106 valence electrons. The molecule has 0 fully saturated rings. The minimum absolute atomic E-state index is 0.0787. The monoisotopic (exact) mass is 294 g/mol. The first-order chi connectivity index (χ1) is 9.45. The summed E-state index contributed by atoms with van der Waals surface area (Å²) < 4.78 is 40.4. The first-order valence-corrected chi connectivity index (χ1v) is 7.50. The van der Waals surface area contributed by atoms with Crippen LogP contribution in [0.25, 0.3) is 0 Å². The number of hydrogen-bond donors (Lipinski definition) is 2. The molecule has 0 radical (unpaired) electrons. The van der Waals surface area contributed by atoms with E-state index in [1.165, 1.54) is 24.3 Å². The standard InChI is InChI=1S/C14H15FN2O2S/c1-10-11(9-16)5-4-8-14(10)20(18,19)17-13-7-3-2-6-12(13)15/h2-8,17H,9,16H2,1H3. The van der Waals surface area contributed by atoms with Crippen LogP contribution >= 0.6 is 0 Å². The smallest absolute Gasteiger partial charge is 0.262 e. The van der Waals surface area contributed by atoms with Crippen LogP contribution in [0.15, 0.2) is 47.4 Å². The molecule has 4 nitrogen and oxygen atoms in total. The van der Waals surface area contributed by atoms with Gasteiger partial charge in [-0.3, -0.25) is 4.72 Å². The molecule has 20 heavy (non-hydrogen) atoms. The van der Waals surface area contributed by atoms with Gasteiger partial charge in [-0.05, 0) is 36.2 Å². The summed E-state index contributed by atoms with van der Waals surface area (Å²) in [6.07, 6.45) is 0. The van der Waals surface area contributed by atoms with Gasteiger partial charge in [-0.15, -0.1) is 0 Å². The molecule has 6 heteroatoms. The zero-order valence-electron chi connectivity index (χ0n) is 10.9. The molecule has 2 aromatic rings. The zero-order valence-corrected chi connectivity index (χ0v) is 11.7. The molecule has 0 aliphatic heterocycles. The predicted octanol–water partition coefficient (Wildman–Crippen LogP) is 2.39. The molecule has 0 amide bonds. The van der Waals surface area contributed by atoms with Crippen molar-refractivity contribution in [2.24, 2.45) is 5.73 Å². The van der Waals surface area contributed by atoms with E-state index in [0.717, 1.165) is 5.56 Å². The van der Waals surface area contributed by atoms with Gasteiger partial charge in [0.05, 0.1) is 10.6 Å². The Bertz CT molecular complexity index is 730. The van der Waals surface area contributed by atoms with E-state index in [4.69, 9.17) is 5.73 Å². The van der Waals surface area contributed by atoms with Crippen molar-refractivity contribution in [2.45, 2.75) is 18.4 Å². The van der Waals surface area contributed by atoms with Gasteiger partial charge in [-0.2, -0.15) is 0 Å². The Kier molecular flexibility index (Phi) is 4.06. The molecule has 0 aliphatic rings. The summed E-state index contributed by atoms with van der Waals surface area (Å²) in [6.45, 7) is 1.92. The molecule has 2 rings (SSSR count). The number of rotatable bonds is 4. The second-order valence-corrected chi connectivity index (χ2v) is 5.98. The third kappa shape index (κ3) is 2.81. The van der Waals surface area contributed by atoms with E-state index >= 15 is 0 Å².